The predicted octanol–water partition coefficient (Wildman–Crippen LogP) is 3.18. The summed E-state index contributed by atoms with van der Waals surface area (Å²) in [5, 5.41) is 11.2. The van der Waals surface area contributed by atoms with Crippen LogP contribution in [0.15, 0.2) is 12.2 Å². The van der Waals surface area contributed by atoms with Crippen molar-refractivity contribution in [2.45, 2.75) is 83.1 Å². The molecular weight excluding hydrogens is 347 g/mol. The maximum atomic E-state index is 16.9. The number of hydrogen-bond donors (Lipinski definition) is 1. The standard InChI is InChI=1S/C22H29FO4/c1-18(2)26-14-9-12-11-5-7-21-8-6-13(24)16(21)20(21,4)22(11,23)15(25)10-19(12,3)17(14)27-18/h6,8,11-12,14-17,25H,5,7,9-10H2,1-4H3/t11-,12-,14+,15-,16+,17+,19-,20+,21+,22-/m0/s1. The molecule has 27 heavy (non-hydrogen) atoms. The Balaban J connectivity index is 1.43. The van der Waals surface area contributed by atoms with Gasteiger partial charge in [-0.25, -0.2) is 4.39 Å². The molecule has 1 aliphatic heterocycles. The molecule has 0 bridgehead atoms. The van der Waals surface area contributed by atoms with Crippen LogP contribution in [-0.4, -0.2) is 40.7 Å². The molecule has 0 radical (unpaired) electrons. The Bertz CT molecular complexity index is 793. The van der Waals surface area contributed by atoms with Crippen LogP contribution in [0, 0.1) is 34.0 Å². The molecule has 0 aromatic heterocycles. The summed E-state index contributed by atoms with van der Waals surface area (Å²) >= 11 is 0. The first kappa shape index (κ1) is 17.1. The summed E-state index contributed by atoms with van der Waals surface area (Å²) in [5.41, 5.74) is -3.14. The van der Waals surface area contributed by atoms with Gasteiger partial charge in [0, 0.05) is 22.2 Å². The van der Waals surface area contributed by atoms with Gasteiger partial charge in [0.15, 0.2) is 11.6 Å². The summed E-state index contributed by atoms with van der Waals surface area (Å²) in [7, 11) is 0. The average molecular weight is 376 g/mol. The molecule has 0 aromatic carbocycles. The number of rotatable bonds is 0. The SMILES string of the molecule is CC1(C)O[C@@H]2[C@@H](C[C@H]3[C@@H]4CC[C@@]56C=CC(=O)[C@@H]5[C@@]6(C)[C@@]4(F)[C@@H](O)C[C@]23C)O1. The topological polar surface area (TPSA) is 55.8 Å². The van der Waals surface area contributed by atoms with Crippen LogP contribution in [0.5, 0.6) is 0 Å². The summed E-state index contributed by atoms with van der Waals surface area (Å²) < 4.78 is 29.3. The molecule has 4 saturated carbocycles. The summed E-state index contributed by atoms with van der Waals surface area (Å²) in [6.45, 7) is 7.93. The number of fused-ring (bicyclic) bond motifs is 7. The van der Waals surface area contributed by atoms with Gasteiger partial charge in [0.25, 0.3) is 0 Å². The molecule has 0 aromatic rings. The lowest BCUT2D eigenvalue weighted by Crippen LogP contribution is -2.65. The zero-order valence-corrected chi connectivity index (χ0v) is 16.5. The van der Waals surface area contributed by atoms with Gasteiger partial charge in [0.2, 0.25) is 0 Å². The van der Waals surface area contributed by atoms with E-state index in [2.05, 4.69) is 6.92 Å². The van der Waals surface area contributed by atoms with Gasteiger partial charge in [-0.2, -0.15) is 0 Å². The molecule has 5 fully saturated rings. The van der Waals surface area contributed by atoms with E-state index in [1.54, 1.807) is 6.08 Å². The van der Waals surface area contributed by atoms with Crippen LogP contribution in [0.4, 0.5) is 4.39 Å². The fourth-order valence-electron chi connectivity index (χ4n) is 8.75. The van der Waals surface area contributed by atoms with Gasteiger partial charge in [-0.1, -0.05) is 19.9 Å². The van der Waals surface area contributed by atoms with E-state index in [1.807, 2.05) is 26.8 Å². The Morgan fingerprint density at radius 3 is 2.67 bits per heavy atom. The lowest BCUT2D eigenvalue weighted by atomic mass is 9.49. The molecule has 0 unspecified atom stereocenters. The van der Waals surface area contributed by atoms with Crippen molar-refractivity contribution in [3.8, 4) is 0 Å². The van der Waals surface area contributed by atoms with Gasteiger partial charge >= 0.3 is 0 Å². The van der Waals surface area contributed by atoms with Crippen LogP contribution < -0.4 is 0 Å². The molecular formula is C22H29FO4. The third kappa shape index (κ3) is 1.53. The summed E-state index contributed by atoms with van der Waals surface area (Å²) in [5.74, 6) is -0.980. The van der Waals surface area contributed by atoms with Gasteiger partial charge in [0.1, 0.15) is 5.67 Å². The first-order valence-electron chi connectivity index (χ1n) is 10.5. The van der Waals surface area contributed by atoms with Crippen molar-refractivity contribution < 1.29 is 23.8 Å². The Labute approximate surface area is 159 Å². The highest BCUT2D eigenvalue weighted by atomic mass is 19.1. The maximum absolute atomic E-state index is 16.9. The van der Waals surface area contributed by atoms with Crippen LogP contribution in [0.25, 0.3) is 0 Å². The van der Waals surface area contributed by atoms with E-state index in [0.29, 0.717) is 6.42 Å². The van der Waals surface area contributed by atoms with Crippen molar-refractivity contribution in [2.24, 2.45) is 34.0 Å². The molecule has 1 saturated heterocycles. The molecule has 1 N–H and O–H groups in total. The summed E-state index contributed by atoms with van der Waals surface area (Å²) in [4.78, 5) is 12.5. The number of carbonyl (C=O) groups excluding carboxylic acids is 1. The number of allylic oxidation sites excluding steroid dienone is 2. The predicted molar refractivity (Wildman–Crippen MR) is 95.4 cm³/mol. The van der Waals surface area contributed by atoms with E-state index < -0.39 is 23.0 Å². The zero-order valence-electron chi connectivity index (χ0n) is 16.5. The lowest BCUT2D eigenvalue weighted by molar-refractivity contribution is -0.229. The third-order valence-corrected chi connectivity index (χ3v) is 9.78. The van der Waals surface area contributed by atoms with Crippen molar-refractivity contribution in [3.05, 3.63) is 12.2 Å². The number of aliphatic hydroxyl groups is 1. The molecule has 1 spiro atoms. The minimum absolute atomic E-state index is 0.0338. The molecule has 5 aliphatic carbocycles. The number of carbonyl (C=O) groups is 1. The fourth-order valence-corrected chi connectivity index (χ4v) is 8.75. The maximum Gasteiger partial charge on any atom is 0.163 e. The number of ether oxygens (including phenoxy) is 2. The molecule has 5 heteroatoms. The second-order valence-electron chi connectivity index (χ2n) is 11.0. The van der Waals surface area contributed by atoms with Crippen LogP contribution in [-0.2, 0) is 14.3 Å². The van der Waals surface area contributed by atoms with Crippen molar-refractivity contribution in [3.63, 3.8) is 0 Å². The van der Waals surface area contributed by atoms with E-state index in [9.17, 15) is 9.90 Å². The average Bonchev–Trinajstić information content (AvgIpc) is 2.81. The number of ketones is 1. The first-order chi connectivity index (χ1) is 12.5. The van der Waals surface area contributed by atoms with E-state index in [1.165, 1.54) is 0 Å². The molecule has 6 aliphatic rings. The molecule has 4 nitrogen and oxygen atoms in total. The van der Waals surface area contributed by atoms with Gasteiger partial charge in [-0.15, -0.1) is 0 Å². The Morgan fingerprint density at radius 2 is 1.93 bits per heavy atom. The number of halogens is 1. The Morgan fingerprint density at radius 1 is 1.19 bits per heavy atom. The minimum Gasteiger partial charge on any atom is -0.390 e. The van der Waals surface area contributed by atoms with Gasteiger partial charge in [-0.05, 0) is 57.4 Å². The monoisotopic (exact) mass is 376 g/mol. The molecule has 10 atom stereocenters. The highest BCUT2D eigenvalue weighted by Crippen LogP contribution is 2.86. The van der Waals surface area contributed by atoms with Gasteiger partial charge in [-0.3, -0.25) is 4.79 Å². The Hall–Kier alpha value is -0.780. The Kier molecular flexibility index (Phi) is 2.77. The van der Waals surface area contributed by atoms with Crippen LogP contribution >= 0.6 is 0 Å². The van der Waals surface area contributed by atoms with E-state index >= 15 is 4.39 Å². The minimum atomic E-state index is -1.71. The van der Waals surface area contributed by atoms with E-state index in [4.69, 9.17) is 9.47 Å². The fraction of sp³-hybridized carbons (Fsp3) is 0.864. The van der Waals surface area contributed by atoms with Crippen molar-refractivity contribution in [1.29, 1.82) is 0 Å². The highest BCUT2D eigenvalue weighted by molar-refractivity contribution is 6.00. The van der Waals surface area contributed by atoms with Crippen LogP contribution in [0.3, 0.4) is 0 Å². The largest absolute Gasteiger partial charge is 0.390 e. The van der Waals surface area contributed by atoms with Crippen molar-refractivity contribution in [2.75, 3.05) is 0 Å². The zero-order chi connectivity index (χ0) is 19.2. The van der Waals surface area contributed by atoms with Crippen molar-refractivity contribution in [1.82, 2.24) is 0 Å². The van der Waals surface area contributed by atoms with E-state index in [-0.39, 0.29) is 46.6 Å². The van der Waals surface area contributed by atoms with Crippen LogP contribution in [0.1, 0.15) is 53.4 Å². The summed E-state index contributed by atoms with van der Waals surface area (Å²) in [6, 6.07) is 0. The number of aliphatic hydroxyl groups excluding tert-OH is 1. The van der Waals surface area contributed by atoms with Gasteiger partial charge < -0.3 is 14.6 Å². The highest BCUT2D eigenvalue weighted by Gasteiger charge is 2.89. The third-order valence-electron chi connectivity index (χ3n) is 9.78. The second-order valence-corrected chi connectivity index (χ2v) is 11.0. The molecule has 148 valence electrons. The summed E-state index contributed by atoms with van der Waals surface area (Å²) in [6.07, 6.45) is 5.12. The van der Waals surface area contributed by atoms with Gasteiger partial charge in [0.05, 0.1) is 18.3 Å². The molecule has 6 rings (SSSR count). The lowest BCUT2D eigenvalue weighted by Gasteiger charge is -2.58. The molecule has 1 heterocycles. The smallest absolute Gasteiger partial charge is 0.163 e. The quantitative estimate of drug-likeness (QED) is 0.706. The number of hydrogen-bond acceptors (Lipinski definition) is 4. The van der Waals surface area contributed by atoms with Crippen LogP contribution in [0.2, 0.25) is 0 Å². The first-order valence-corrected chi connectivity index (χ1v) is 10.5. The number of alkyl halides is 1. The van der Waals surface area contributed by atoms with Crippen molar-refractivity contribution >= 4 is 5.78 Å². The second kappa shape index (κ2) is 4.36. The van der Waals surface area contributed by atoms with E-state index in [0.717, 1.165) is 19.3 Å². The normalized spacial score (nSPS) is 64.6. The molecule has 0 amide bonds.